The molecule has 23 heavy (non-hydrogen) atoms. The van der Waals surface area contributed by atoms with Gasteiger partial charge in [-0.05, 0) is 25.1 Å². The molecule has 0 spiro atoms. The van der Waals surface area contributed by atoms with Crippen LogP contribution in [-0.2, 0) is 11.3 Å². The molecule has 0 unspecified atom stereocenters. The molecule has 2 rings (SSSR count). The van der Waals surface area contributed by atoms with Crippen LogP contribution >= 0.6 is 11.3 Å². The van der Waals surface area contributed by atoms with Crippen LogP contribution in [-0.4, -0.2) is 37.8 Å². The van der Waals surface area contributed by atoms with Gasteiger partial charge in [0.05, 0.1) is 24.9 Å². The molecule has 0 bridgehead atoms. The van der Waals surface area contributed by atoms with E-state index in [-0.39, 0.29) is 11.9 Å². The largest absolute Gasteiger partial charge is 0.493 e. The van der Waals surface area contributed by atoms with Gasteiger partial charge in [-0.3, -0.25) is 4.79 Å². The summed E-state index contributed by atoms with van der Waals surface area (Å²) in [5.74, 6) is 0.896. The van der Waals surface area contributed by atoms with Gasteiger partial charge in [-0.1, -0.05) is 0 Å². The third kappa shape index (κ3) is 4.94. The number of rotatable bonds is 8. The highest BCUT2D eigenvalue weighted by atomic mass is 32.1. The second-order valence-electron chi connectivity index (χ2n) is 4.96. The summed E-state index contributed by atoms with van der Waals surface area (Å²) >= 11 is 1.52. The zero-order chi connectivity index (χ0) is 16.7. The second-order valence-corrected chi connectivity index (χ2v) is 5.68. The Morgan fingerprint density at radius 3 is 2.83 bits per heavy atom. The van der Waals surface area contributed by atoms with Crippen molar-refractivity contribution in [2.24, 2.45) is 0 Å². The fraction of sp³-hybridized carbons (Fsp3) is 0.375. The number of carbonyl (C=O) groups is 1. The van der Waals surface area contributed by atoms with Crippen molar-refractivity contribution in [2.75, 3.05) is 20.8 Å². The van der Waals surface area contributed by atoms with Crippen molar-refractivity contribution in [2.45, 2.75) is 19.6 Å². The van der Waals surface area contributed by atoms with E-state index in [2.05, 4.69) is 10.3 Å². The minimum atomic E-state index is -0.182. The van der Waals surface area contributed by atoms with Crippen LogP contribution in [0.4, 0.5) is 0 Å². The van der Waals surface area contributed by atoms with Crippen LogP contribution in [0.2, 0.25) is 0 Å². The Morgan fingerprint density at radius 1 is 1.35 bits per heavy atom. The number of amides is 1. The van der Waals surface area contributed by atoms with Crippen LogP contribution in [0.1, 0.15) is 23.0 Å². The van der Waals surface area contributed by atoms with E-state index in [0.717, 1.165) is 5.69 Å². The van der Waals surface area contributed by atoms with Crippen molar-refractivity contribution in [3.8, 4) is 11.5 Å². The normalized spacial score (nSPS) is 11.8. The van der Waals surface area contributed by atoms with E-state index in [9.17, 15) is 4.79 Å². The first-order chi connectivity index (χ1) is 11.1. The molecule has 1 N–H and O–H groups in total. The van der Waals surface area contributed by atoms with E-state index in [1.165, 1.54) is 11.3 Å². The van der Waals surface area contributed by atoms with Crippen molar-refractivity contribution in [1.29, 1.82) is 0 Å². The first kappa shape index (κ1) is 17.2. The highest BCUT2D eigenvalue weighted by Gasteiger charge is 2.13. The summed E-state index contributed by atoms with van der Waals surface area (Å²) in [4.78, 5) is 16.3. The SMILES string of the molecule is COC[C@H](C)NC(=O)c1ccc(OCc2cscn2)c(OC)c1. The van der Waals surface area contributed by atoms with Crippen LogP contribution in [0.5, 0.6) is 11.5 Å². The number of aromatic nitrogens is 1. The second kappa shape index (κ2) is 8.50. The van der Waals surface area contributed by atoms with Gasteiger partial charge < -0.3 is 19.5 Å². The summed E-state index contributed by atoms with van der Waals surface area (Å²) in [6.45, 7) is 2.69. The van der Waals surface area contributed by atoms with Crippen LogP contribution in [0.25, 0.3) is 0 Å². The van der Waals surface area contributed by atoms with Gasteiger partial charge in [0.15, 0.2) is 11.5 Å². The molecule has 0 aliphatic carbocycles. The standard InChI is InChI=1S/C16H20N2O4S/c1-11(7-20-2)18-16(19)12-4-5-14(15(6-12)21-3)22-8-13-9-23-10-17-13/h4-6,9-11H,7-8H2,1-3H3,(H,18,19)/t11-/m0/s1. The molecule has 0 saturated carbocycles. The van der Waals surface area contributed by atoms with Crippen molar-refractivity contribution < 1.29 is 19.0 Å². The van der Waals surface area contributed by atoms with Gasteiger partial charge in [-0.25, -0.2) is 4.98 Å². The Balaban J connectivity index is 2.04. The molecule has 0 aliphatic heterocycles. The number of carbonyl (C=O) groups excluding carboxylic acids is 1. The van der Waals surface area contributed by atoms with Gasteiger partial charge in [0.2, 0.25) is 0 Å². The molecule has 6 nitrogen and oxygen atoms in total. The smallest absolute Gasteiger partial charge is 0.251 e. The molecule has 1 aromatic heterocycles. The van der Waals surface area contributed by atoms with Gasteiger partial charge in [0, 0.05) is 24.1 Å². The van der Waals surface area contributed by atoms with Crippen LogP contribution in [0.15, 0.2) is 29.1 Å². The van der Waals surface area contributed by atoms with E-state index < -0.39 is 0 Å². The lowest BCUT2D eigenvalue weighted by atomic mass is 10.1. The first-order valence-corrected chi connectivity index (χ1v) is 8.06. The molecule has 0 saturated heterocycles. The van der Waals surface area contributed by atoms with Crippen molar-refractivity contribution in [3.63, 3.8) is 0 Å². The van der Waals surface area contributed by atoms with Gasteiger partial charge in [-0.2, -0.15) is 0 Å². The molecule has 1 atom stereocenters. The molecule has 0 radical (unpaired) electrons. The highest BCUT2D eigenvalue weighted by molar-refractivity contribution is 7.07. The summed E-state index contributed by atoms with van der Waals surface area (Å²) in [6, 6.07) is 5.01. The zero-order valence-electron chi connectivity index (χ0n) is 13.4. The van der Waals surface area contributed by atoms with Crippen LogP contribution < -0.4 is 14.8 Å². The third-order valence-corrected chi connectivity index (χ3v) is 3.71. The van der Waals surface area contributed by atoms with E-state index in [1.54, 1.807) is 37.9 Å². The third-order valence-electron chi connectivity index (χ3n) is 3.08. The molecule has 0 fully saturated rings. The Morgan fingerprint density at radius 2 is 2.17 bits per heavy atom. The quantitative estimate of drug-likeness (QED) is 0.802. The molecule has 1 heterocycles. The first-order valence-electron chi connectivity index (χ1n) is 7.11. The average molecular weight is 336 g/mol. The van der Waals surface area contributed by atoms with Crippen molar-refractivity contribution in [3.05, 3.63) is 40.3 Å². The minimum absolute atomic E-state index is 0.0703. The number of nitrogens with zero attached hydrogens (tertiary/aromatic N) is 1. The van der Waals surface area contributed by atoms with Gasteiger partial charge in [0.25, 0.3) is 5.91 Å². The topological polar surface area (TPSA) is 69.7 Å². The predicted octanol–water partition coefficient (Wildman–Crippen LogP) is 2.50. The maximum Gasteiger partial charge on any atom is 0.251 e. The van der Waals surface area contributed by atoms with E-state index in [4.69, 9.17) is 14.2 Å². The fourth-order valence-electron chi connectivity index (χ4n) is 1.99. The fourth-order valence-corrected chi connectivity index (χ4v) is 2.53. The average Bonchev–Trinajstić information content (AvgIpc) is 3.06. The van der Waals surface area contributed by atoms with Gasteiger partial charge >= 0.3 is 0 Å². The number of benzene rings is 1. The maximum absolute atomic E-state index is 12.2. The monoisotopic (exact) mass is 336 g/mol. The predicted molar refractivity (Wildman–Crippen MR) is 88.2 cm³/mol. The molecule has 1 aromatic carbocycles. The summed E-state index contributed by atoms with van der Waals surface area (Å²) in [5, 5.41) is 4.78. The Hall–Kier alpha value is -2.12. The molecular formula is C16H20N2O4S. The Kier molecular flexibility index (Phi) is 6.37. The highest BCUT2D eigenvalue weighted by Crippen LogP contribution is 2.28. The number of hydrogen-bond acceptors (Lipinski definition) is 6. The van der Waals surface area contributed by atoms with Crippen molar-refractivity contribution >= 4 is 17.2 Å². The zero-order valence-corrected chi connectivity index (χ0v) is 14.2. The lowest BCUT2D eigenvalue weighted by Crippen LogP contribution is -2.35. The maximum atomic E-state index is 12.2. The summed E-state index contributed by atoms with van der Waals surface area (Å²) < 4.78 is 16.0. The molecule has 1 amide bonds. The molecule has 2 aromatic rings. The van der Waals surface area contributed by atoms with E-state index in [0.29, 0.717) is 30.3 Å². The summed E-state index contributed by atoms with van der Waals surface area (Å²) in [6.07, 6.45) is 0. The Labute approximate surface area is 139 Å². The van der Waals surface area contributed by atoms with E-state index in [1.807, 2.05) is 12.3 Å². The van der Waals surface area contributed by atoms with Gasteiger partial charge in [-0.15, -0.1) is 11.3 Å². The lowest BCUT2D eigenvalue weighted by Gasteiger charge is -2.14. The Bertz CT molecular complexity index is 631. The molecule has 7 heteroatoms. The van der Waals surface area contributed by atoms with Crippen molar-refractivity contribution in [1.82, 2.24) is 10.3 Å². The number of ether oxygens (including phenoxy) is 3. The van der Waals surface area contributed by atoms with E-state index >= 15 is 0 Å². The summed E-state index contributed by atoms with van der Waals surface area (Å²) in [5.41, 5.74) is 3.11. The molecule has 124 valence electrons. The number of thiazole rings is 1. The van der Waals surface area contributed by atoms with Gasteiger partial charge in [0.1, 0.15) is 6.61 Å². The summed E-state index contributed by atoms with van der Waals surface area (Å²) in [7, 11) is 3.14. The van der Waals surface area contributed by atoms with Crippen LogP contribution in [0.3, 0.4) is 0 Å². The number of hydrogen-bond donors (Lipinski definition) is 1. The number of methoxy groups -OCH3 is 2. The molecular weight excluding hydrogens is 316 g/mol. The lowest BCUT2D eigenvalue weighted by molar-refractivity contribution is 0.0905. The number of nitrogens with one attached hydrogen (secondary N) is 1. The minimum Gasteiger partial charge on any atom is -0.493 e. The van der Waals surface area contributed by atoms with Crippen LogP contribution in [0, 0.1) is 0 Å². The molecule has 0 aliphatic rings.